The molecule has 0 atom stereocenters. The molecule has 2 aromatic rings. The van der Waals surface area contributed by atoms with Crippen LogP contribution in [0.15, 0.2) is 53.5 Å². The Morgan fingerprint density at radius 1 is 1.10 bits per heavy atom. The quantitative estimate of drug-likeness (QED) is 0.475. The number of likely N-dealkylation sites (N-methyl/N-ethyl adjacent to an activating group) is 1. The number of rotatable bonds is 9. The number of hydrogen-bond acceptors (Lipinski definition) is 4. The minimum absolute atomic E-state index is 0.238. The van der Waals surface area contributed by atoms with Crippen molar-refractivity contribution in [3.63, 3.8) is 0 Å². The molecule has 6 nitrogen and oxygen atoms in total. The zero-order valence-electron chi connectivity index (χ0n) is 18.4. The second kappa shape index (κ2) is 12.3. The number of hydrogen-bond donors (Lipinski definition) is 2. The molecule has 168 valence electrons. The number of aliphatic imine (C=N–C) groups is 1. The summed E-state index contributed by atoms with van der Waals surface area (Å²) in [4.78, 5) is 6.59. The highest BCUT2D eigenvalue weighted by molar-refractivity contribution is 5.79. The van der Waals surface area contributed by atoms with Crippen LogP contribution >= 0.6 is 0 Å². The van der Waals surface area contributed by atoms with E-state index in [1.54, 1.807) is 13.1 Å². The van der Waals surface area contributed by atoms with Gasteiger partial charge in [-0.1, -0.05) is 24.3 Å². The Bertz CT molecular complexity index is 840. The highest BCUT2D eigenvalue weighted by Gasteiger charge is 2.17. The van der Waals surface area contributed by atoms with Crippen LogP contribution in [0, 0.1) is 5.82 Å². The number of nitrogens with one attached hydrogen (secondary N) is 2. The van der Waals surface area contributed by atoms with Gasteiger partial charge in [0.15, 0.2) is 5.96 Å². The maximum Gasteiger partial charge on any atom is 0.191 e. The molecule has 0 aromatic heterocycles. The second-order valence-electron chi connectivity index (χ2n) is 7.73. The van der Waals surface area contributed by atoms with Crippen molar-refractivity contribution in [2.75, 3.05) is 40.5 Å². The molecule has 0 spiro atoms. The van der Waals surface area contributed by atoms with Crippen molar-refractivity contribution in [1.29, 1.82) is 0 Å². The van der Waals surface area contributed by atoms with Crippen molar-refractivity contribution < 1.29 is 13.9 Å². The number of halogens is 1. The molecule has 1 heterocycles. The SMILES string of the molecule is CN=C(NCc1cccc(F)c1)NCc1cccc(OCCN(C)C2CCOCC2)c1. The van der Waals surface area contributed by atoms with E-state index in [0.717, 1.165) is 49.5 Å². The van der Waals surface area contributed by atoms with E-state index in [0.29, 0.717) is 31.7 Å². The summed E-state index contributed by atoms with van der Waals surface area (Å²) in [5.41, 5.74) is 1.97. The third kappa shape index (κ3) is 7.84. The van der Waals surface area contributed by atoms with Gasteiger partial charge in [-0.3, -0.25) is 9.89 Å². The van der Waals surface area contributed by atoms with Crippen LogP contribution in [0.1, 0.15) is 24.0 Å². The molecule has 3 rings (SSSR count). The largest absolute Gasteiger partial charge is 0.492 e. The van der Waals surface area contributed by atoms with Crippen LogP contribution in [0.3, 0.4) is 0 Å². The first-order valence-corrected chi connectivity index (χ1v) is 10.8. The minimum Gasteiger partial charge on any atom is -0.492 e. The lowest BCUT2D eigenvalue weighted by Gasteiger charge is -2.31. The summed E-state index contributed by atoms with van der Waals surface area (Å²) in [7, 11) is 3.87. The van der Waals surface area contributed by atoms with Gasteiger partial charge in [-0.25, -0.2) is 4.39 Å². The molecule has 0 unspecified atom stereocenters. The Morgan fingerprint density at radius 3 is 2.45 bits per heavy atom. The minimum atomic E-state index is -0.238. The summed E-state index contributed by atoms with van der Waals surface area (Å²) in [6.07, 6.45) is 2.18. The van der Waals surface area contributed by atoms with E-state index in [2.05, 4.69) is 27.6 Å². The zero-order valence-corrected chi connectivity index (χ0v) is 18.4. The molecule has 0 radical (unpaired) electrons. The lowest BCUT2D eigenvalue weighted by Crippen LogP contribution is -2.38. The average molecular weight is 429 g/mol. The molecule has 1 aliphatic heterocycles. The van der Waals surface area contributed by atoms with Crippen LogP contribution in [0.4, 0.5) is 4.39 Å². The van der Waals surface area contributed by atoms with E-state index in [1.165, 1.54) is 12.1 Å². The predicted octanol–water partition coefficient (Wildman–Crippen LogP) is 3.18. The fourth-order valence-corrected chi connectivity index (χ4v) is 3.60. The number of ether oxygens (including phenoxy) is 2. The molecule has 2 N–H and O–H groups in total. The molecule has 0 bridgehead atoms. The van der Waals surface area contributed by atoms with Crippen molar-refractivity contribution in [2.24, 2.45) is 4.99 Å². The third-order valence-corrected chi connectivity index (χ3v) is 5.46. The van der Waals surface area contributed by atoms with Gasteiger partial charge in [0.1, 0.15) is 18.2 Å². The summed E-state index contributed by atoms with van der Waals surface area (Å²) in [6.45, 7) is 4.37. The van der Waals surface area contributed by atoms with Gasteiger partial charge in [0.2, 0.25) is 0 Å². The maximum absolute atomic E-state index is 13.3. The average Bonchev–Trinajstić information content (AvgIpc) is 2.80. The van der Waals surface area contributed by atoms with Crippen molar-refractivity contribution in [3.8, 4) is 5.75 Å². The van der Waals surface area contributed by atoms with Gasteiger partial charge in [-0.2, -0.15) is 0 Å². The van der Waals surface area contributed by atoms with E-state index in [1.807, 2.05) is 30.3 Å². The van der Waals surface area contributed by atoms with Gasteiger partial charge in [-0.05, 0) is 55.3 Å². The van der Waals surface area contributed by atoms with Gasteiger partial charge < -0.3 is 20.1 Å². The van der Waals surface area contributed by atoms with E-state index < -0.39 is 0 Å². The summed E-state index contributed by atoms with van der Waals surface area (Å²) < 4.78 is 24.7. The van der Waals surface area contributed by atoms with Gasteiger partial charge in [0, 0.05) is 45.9 Å². The topological polar surface area (TPSA) is 58.1 Å². The molecule has 0 saturated carbocycles. The molecule has 0 aliphatic carbocycles. The van der Waals surface area contributed by atoms with Crippen molar-refractivity contribution in [3.05, 3.63) is 65.5 Å². The highest BCUT2D eigenvalue weighted by Crippen LogP contribution is 2.15. The van der Waals surface area contributed by atoms with Crippen LogP contribution in [0.25, 0.3) is 0 Å². The van der Waals surface area contributed by atoms with E-state index >= 15 is 0 Å². The van der Waals surface area contributed by atoms with Crippen LogP contribution in [0.5, 0.6) is 5.75 Å². The number of benzene rings is 2. The zero-order chi connectivity index (χ0) is 21.9. The van der Waals surface area contributed by atoms with Gasteiger partial charge in [-0.15, -0.1) is 0 Å². The van der Waals surface area contributed by atoms with E-state index in [-0.39, 0.29) is 5.82 Å². The van der Waals surface area contributed by atoms with E-state index in [4.69, 9.17) is 9.47 Å². The third-order valence-electron chi connectivity index (χ3n) is 5.46. The Kier molecular flexibility index (Phi) is 9.12. The van der Waals surface area contributed by atoms with Crippen LogP contribution in [-0.2, 0) is 17.8 Å². The fourth-order valence-electron chi connectivity index (χ4n) is 3.60. The summed E-state index contributed by atoms with van der Waals surface area (Å²) >= 11 is 0. The fraction of sp³-hybridized carbons (Fsp3) is 0.458. The maximum atomic E-state index is 13.3. The van der Waals surface area contributed by atoms with Crippen LogP contribution in [-0.4, -0.2) is 57.4 Å². The van der Waals surface area contributed by atoms with Crippen molar-refractivity contribution >= 4 is 5.96 Å². The number of guanidine groups is 1. The highest BCUT2D eigenvalue weighted by atomic mass is 19.1. The molecule has 2 aromatic carbocycles. The van der Waals surface area contributed by atoms with Crippen molar-refractivity contribution in [2.45, 2.75) is 32.0 Å². The second-order valence-corrected chi connectivity index (χ2v) is 7.73. The summed E-state index contributed by atoms with van der Waals surface area (Å²) in [6, 6.07) is 15.2. The normalized spacial score (nSPS) is 15.2. The molecule has 0 amide bonds. The molecule has 1 fully saturated rings. The van der Waals surface area contributed by atoms with Crippen molar-refractivity contribution in [1.82, 2.24) is 15.5 Å². The molecular weight excluding hydrogens is 395 g/mol. The lowest BCUT2D eigenvalue weighted by molar-refractivity contribution is 0.0392. The summed E-state index contributed by atoms with van der Waals surface area (Å²) in [5, 5.41) is 6.49. The molecule has 1 saturated heterocycles. The first-order valence-electron chi connectivity index (χ1n) is 10.8. The first kappa shape index (κ1) is 23.0. The van der Waals surface area contributed by atoms with Crippen LogP contribution in [0.2, 0.25) is 0 Å². The predicted molar refractivity (Wildman–Crippen MR) is 122 cm³/mol. The standard InChI is InChI=1S/C24H33FN4O2/c1-26-24(27-17-19-5-3-7-21(25)15-19)28-18-20-6-4-8-23(16-20)31-14-11-29(2)22-9-12-30-13-10-22/h3-8,15-16,22H,9-14,17-18H2,1-2H3,(H2,26,27,28). The monoisotopic (exact) mass is 428 g/mol. The van der Waals surface area contributed by atoms with Gasteiger partial charge in [0.25, 0.3) is 0 Å². The lowest BCUT2D eigenvalue weighted by atomic mass is 10.1. The Labute approximate surface area is 184 Å². The molecule has 1 aliphatic rings. The Balaban J connectivity index is 1.41. The Morgan fingerprint density at radius 2 is 1.77 bits per heavy atom. The van der Waals surface area contributed by atoms with Gasteiger partial charge in [0.05, 0.1) is 0 Å². The smallest absolute Gasteiger partial charge is 0.191 e. The molecular formula is C24H33FN4O2. The first-order chi connectivity index (χ1) is 15.1. The summed E-state index contributed by atoms with van der Waals surface area (Å²) in [5.74, 6) is 1.29. The molecule has 7 heteroatoms. The molecule has 31 heavy (non-hydrogen) atoms. The van der Waals surface area contributed by atoms with E-state index in [9.17, 15) is 4.39 Å². The Hall–Kier alpha value is -2.64. The van der Waals surface area contributed by atoms with Crippen LogP contribution < -0.4 is 15.4 Å². The number of nitrogens with zero attached hydrogens (tertiary/aromatic N) is 2. The van der Waals surface area contributed by atoms with Gasteiger partial charge >= 0.3 is 0 Å².